The van der Waals surface area contributed by atoms with E-state index >= 15 is 0 Å². The highest BCUT2D eigenvalue weighted by atomic mass is 32.2. The fourth-order valence-corrected chi connectivity index (χ4v) is 2.06. The standard InChI is InChI=1S/C12H18N2O2S/c1-10-11(9-13-7-4-8-17-2)5-3-6-12(10)14(15)16/h3,5-6,13H,4,7-9H2,1-2H3. The predicted octanol–water partition coefficient (Wildman–Crippen LogP) is 2.75. The summed E-state index contributed by atoms with van der Waals surface area (Å²) in [7, 11) is 0. The van der Waals surface area contributed by atoms with E-state index in [0.717, 1.165) is 29.8 Å². The molecule has 0 aliphatic heterocycles. The summed E-state index contributed by atoms with van der Waals surface area (Å²) < 4.78 is 0. The number of thioether (sulfide) groups is 1. The summed E-state index contributed by atoms with van der Waals surface area (Å²) in [5.41, 5.74) is 1.96. The summed E-state index contributed by atoms with van der Waals surface area (Å²) in [5, 5.41) is 14.1. The molecule has 1 aromatic rings. The van der Waals surface area contributed by atoms with Gasteiger partial charge < -0.3 is 5.32 Å². The van der Waals surface area contributed by atoms with E-state index in [9.17, 15) is 10.1 Å². The van der Waals surface area contributed by atoms with Crippen LogP contribution < -0.4 is 5.32 Å². The molecule has 0 amide bonds. The molecule has 0 fully saturated rings. The van der Waals surface area contributed by atoms with Gasteiger partial charge in [-0.3, -0.25) is 10.1 Å². The zero-order chi connectivity index (χ0) is 12.7. The third kappa shape index (κ3) is 4.36. The van der Waals surface area contributed by atoms with Gasteiger partial charge in [0.25, 0.3) is 5.69 Å². The van der Waals surface area contributed by atoms with Gasteiger partial charge in [0.15, 0.2) is 0 Å². The van der Waals surface area contributed by atoms with Crippen LogP contribution >= 0.6 is 11.8 Å². The van der Waals surface area contributed by atoms with E-state index in [0.29, 0.717) is 6.54 Å². The number of nitro benzene ring substituents is 1. The fraction of sp³-hybridized carbons (Fsp3) is 0.500. The van der Waals surface area contributed by atoms with Gasteiger partial charge in [0.2, 0.25) is 0 Å². The van der Waals surface area contributed by atoms with Crippen LogP contribution in [0, 0.1) is 17.0 Å². The van der Waals surface area contributed by atoms with E-state index in [1.165, 1.54) is 0 Å². The second-order valence-corrected chi connectivity index (χ2v) is 4.83. The van der Waals surface area contributed by atoms with E-state index in [4.69, 9.17) is 0 Å². The molecule has 0 unspecified atom stereocenters. The maximum absolute atomic E-state index is 10.8. The van der Waals surface area contributed by atoms with Crippen molar-refractivity contribution in [1.82, 2.24) is 5.32 Å². The lowest BCUT2D eigenvalue weighted by Crippen LogP contribution is -2.16. The summed E-state index contributed by atoms with van der Waals surface area (Å²) in [4.78, 5) is 10.4. The number of benzene rings is 1. The van der Waals surface area contributed by atoms with Crippen LogP contribution in [0.25, 0.3) is 0 Å². The van der Waals surface area contributed by atoms with Crippen molar-refractivity contribution in [3.8, 4) is 0 Å². The first-order valence-corrected chi connectivity index (χ1v) is 6.98. The number of hydrogen-bond donors (Lipinski definition) is 1. The summed E-state index contributed by atoms with van der Waals surface area (Å²) in [5.74, 6) is 1.14. The maximum atomic E-state index is 10.8. The first-order valence-electron chi connectivity index (χ1n) is 5.59. The van der Waals surface area contributed by atoms with Gasteiger partial charge in [-0.2, -0.15) is 11.8 Å². The molecule has 5 heteroatoms. The Morgan fingerprint density at radius 2 is 2.24 bits per heavy atom. The van der Waals surface area contributed by atoms with E-state index in [-0.39, 0.29) is 10.6 Å². The lowest BCUT2D eigenvalue weighted by atomic mass is 10.1. The molecule has 17 heavy (non-hydrogen) atoms. The van der Waals surface area contributed by atoms with Gasteiger partial charge >= 0.3 is 0 Å². The maximum Gasteiger partial charge on any atom is 0.272 e. The van der Waals surface area contributed by atoms with Crippen LogP contribution in [0.2, 0.25) is 0 Å². The molecule has 4 nitrogen and oxygen atoms in total. The summed E-state index contributed by atoms with van der Waals surface area (Å²) in [6.07, 6.45) is 3.21. The van der Waals surface area contributed by atoms with E-state index in [2.05, 4.69) is 11.6 Å². The third-order valence-electron chi connectivity index (χ3n) is 2.63. The highest BCUT2D eigenvalue weighted by Crippen LogP contribution is 2.20. The molecular formula is C12H18N2O2S. The monoisotopic (exact) mass is 254 g/mol. The van der Waals surface area contributed by atoms with Crippen LogP contribution in [0.1, 0.15) is 17.5 Å². The molecule has 0 spiro atoms. The Kier molecular flexibility index (Phi) is 6.00. The number of nitrogens with zero attached hydrogens (tertiary/aromatic N) is 1. The second kappa shape index (κ2) is 7.29. The minimum Gasteiger partial charge on any atom is -0.313 e. The molecule has 94 valence electrons. The molecule has 0 aromatic heterocycles. The molecule has 1 aromatic carbocycles. The topological polar surface area (TPSA) is 55.2 Å². The Balaban J connectivity index is 2.54. The normalized spacial score (nSPS) is 10.5. The van der Waals surface area contributed by atoms with E-state index in [1.54, 1.807) is 19.1 Å². The average Bonchev–Trinajstić information content (AvgIpc) is 2.30. The smallest absolute Gasteiger partial charge is 0.272 e. The van der Waals surface area contributed by atoms with Crippen LogP contribution in [0.3, 0.4) is 0 Å². The van der Waals surface area contributed by atoms with Gasteiger partial charge in [0.1, 0.15) is 0 Å². The van der Waals surface area contributed by atoms with Crippen molar-refractivity contribution >= 4 is 17.4 Å². The lowest BCUT2D eigenvalue weighted by molar-refractivity contribution is -0.385. The zero-order valence-corrected chi connectivity index (χ0v) is 11.0. The number of rotatable bonds is 7. The zero-order valence-electron chi connectivity index (χ0n) is 10.2. The number of hydrogen-bond acceptors (Lipinski definition) is 4. The summed E-state index contributed by atoms with van der Waals surface area (Å²) in [6, 6.07) is 5.22. The Labute approximate surface area is 106 Å². The van der Waals surface area contributed by atoms with E-state index in [1.807, 2.05) is 17.8 Å². The van der Waals surface area contributed by atoms with Crippen molar-refractivity contribution in [1.29, 1.82) is 0 Å². The van der Waals surface area contributed by atoms with Gasteiger partial charge in [-0.25, -0.2) is 0 Å². The largest absolute Gasteiger partial charge is 0.313 e. The van der Waals surface area contributed by atoms with Crippen molar-refractivity contribution in [2.24, 2.45) is 0 Å². The molecule has 0 saturated carbocycles. The molecule has 0 atom stereocenters. The van der Waals surface area contributed by atoms with Crippen LogP contribution in [0.5, 0.6) is 0 Å². The molecule has 0 radical (unpaired) electrons. The van der Waals surface area contributed by atoms with Crippen LogP contribution in [0.4, 0.5) is 5.69 Å². The molecular weight excluding hydrogens is 236 g/mol. The summed E-state index contributed by atoms with van der Waals surface area (Å²) >= 11 is 1.83. The fourth-order valence-electron chi connectivity index (χ4n) is 1.62. The highest BCUT2D eigenvalue weighted by molar-refractivity contribution is 7.98. The van der Waals surface area contributed by atoms with Crippen molar-refractivity contribution in [2.75, 3.05) is 18.6 Å². The van der Waals surface area contributed by atoms with Gasteiger partial charge in [0, 0.05) is 18.2 Å². The van der Waals surface area contributed by atoms with Gasteiger partial charge in [-0.1, -0.05) is 12.1 Å². The van der Waals surface area contributed by atoms with Crippen molar-refractivity contribution in [3.63, 3.8) is 0 Å². The minimum atomic E-state index is -0.327. The first kappa shape index (κ1) is 14.0. The molecule has 0 aliphatic rings. The predicted molar refractivity (Wildman–Crippen MR) is 72.5 cm³/mol. The molecule has 1 N–H and O–H groups in total. The van der Waals surface area contributed by atoms with Gasteiger partial charge in [-0.15, -0.1) is 0 Å². The van der Waals surface area contributed by atoms with Gasteiger partial charge in [0.05, 0.1) is 4.92 Å². The van der Waals surface area contributed by atoms with Crippen molar-refractivity contribution in [2.45, 2.75) is 19.9 Å². The number of nitrogens with one attached hydrogen (secondary N) is 1. The Hall–Kier alpha value is -1.07. The number of nitro groups is 1. The molecule has 0 saturated heterocycles. The minimum absolute atomic E-state index is 0.202. The molecule has 1 rings (SSSR count). The first-order chi connectivity index (χ1) is 8.16. The summed E-state index contributed by atoms with van der Waals surface area (Å²) in [6.45, 7) is 3.45. The van der Waals surface area contributed by atoms with Crippen LogP contribution in [0.15, 0.2) is 18.2 Å². The highest BCUT2D eigenvalue weighted by Gasteiger charge is 2.12. The lowest BCUT2D eigenvalue weighted by Gasteiger charge is -2.07. The quantitative estimate of drug-likeness (QED) is 0.462. The Morgan fingerprint density at radius 1 is 1.47 bits per heavy atom. The van der Waals surface area contributed by atoms with Crippen LogP contribution in [-0.2, 0) is 6.54 Å². The average molecular weight is 254 g/mol. The van der Waals surface area contributed by atoms with Crippen molar-refractivity contribution < 1.29 is 4.92 Å². The van der Waals surface area contributed by atoms with Crippen LogP contribution in [-0.4, -0.2) is 23.5 Å². The SMILES string of the molecule is CSCCCNCc1cccc([N+](=O)[O-])c1C. The molecule has 0 aliphatic carbocycles. The Bertz CT molecular complexity index is 383. The Morgan fingerprint density at radius 3 is 2.88 bits per heavy atom. The van der Waals surface area contributed by atoms with E-state index < -0.39 is 0 Å². The van der Waals surface area contributed by atoms with Gasteiger partial charge in [-0.05, 0) is 37.5 Å². The van der Waals surface area contributed by atoms with Crippen molar-refractivity contribution in [3.05, 3.63) is 39.4 Å². The molecule has 0 heterocycles. The third-order valence-corrected chi connectivity index (χ3v) is 3.33. The second-order valence-electron chi connectivity index (χ2n) is 3.84. The molecule has 0 bridgehead atoms.